The molecule has 1 aliphatic rings. The van der Waals surface area contributed by atoms with E-state index in [1.165, 1.54) is 5.56 Å². The first kappa shape index (κ1) is 18.7. The molecule has 2 amide bonds. The molecule has 138 valence electrons. The monoisotopic (exact) mass is 373 g/mol. The quantitative estimate of drug-likeness (QED) is 0.817. The number of morpholine rings is 1. The van der Waals surface area contributed by atoms with Gasteiger partial charge in [-0.3, -0.25) is 4.90 Å². The van der Waals surface area contributed by atoms with Gasteiger partial charge in [-0.25, -0.2) is 4.79 Å². The number of hydrogen-bond donors (Lipinski definition) is 2. The predicted octanol–water partition coefficient (Wildman–Crippen LogP) is 3.17. The summed E-state index contributed by atoms with van der Waals surface area (Å²) in [6.45, 7) is 5.51. The Morgan fingerprint density at radius 3 is 1.96 bits per heavy atom. The third kappa shape index (κ3) is 6.02. The van der Waals surface area contributed by atoms with Crippen molar-refractivity contribution in [3.8, 4) is 0 Å². The number of urea groups is 1. The zero-order valence-electron chi connectivity index (χ0n) is 14.7. The molecule has 2 N–H and O–H groups in total. The summed E-state index contributed by atoms with van der Waals surface area (Å²) in [4.78, 5) is 14.3. The van der Waals surface area contributed by atoms with E-state index in [1.54, 1.807) is 0 Å². The summed E-state index contributed by atoms with van der Waals surface area (Å²) in [5.41, 5.74) is 3.37. The van der Waals surface area contributed by atoms with E-state index in [2.05, 4.69) is 39.8 Å². The number of benzene rings is 2. The van der Waals surface area contributed by atoms with Gasteiger partial charge in [0.25, 0.3) is 0 Å². The second-order valence-corrected chi connectivity index (χ2v) is 6.80. The maximum atomic E-state index is 11.9. The van der Waals surface area contributed by atoms with Crippen molar-refractivity contribution in [2.45, 2.75) is 19.6 Å². The van der Waals surface area contributed by atoms with Crippen molar-refractivity contribution in [1.82, 2.24) is 15.5 Å². The number of rotatable bonds is 6. The Morgan fingerprint density at radius 1 is 0.885 bits per heavy atom. The Bertz CT molecular complexity index is 698. The molecule has 0 aromatic heterocycles. The number of ether oxygens (including phenoxy) is 1. The van der Waals surface area contributed by atoms with Crippen LogP contribution in [-0.2, 0) is 24.4 Å². The number of carbonyl (C=O) groups is 1. The van der Waals surface area contributed by atoms with E-state index in [0.29, 0.717) is 18.1 Å². The van der Waals surface area contributed by atoms with Crippen molar-refractivity contribution in [3.05, 3.63) is 70.2 Å². The van der Waals surface area contributed by atoms with Crippen LogP contribution in [0, 0.1) is 0 Å². The summed E-state index contributed by atoms with van der Waals surface area (Å²) in [7, 11) is 0. The fourth-order valence-electron chi connectivity index (χ4n) is 2.81. The second kappa shape index (κ2) is 9.57. The average Bonchev–Trinajstić information content (AvgIpc) is 2.68. The number of nitrogens with one attached hydrogen (secondary N) is 2. The van der Waals surface area contributed by atoms with E-state index in [1.807, 2.05) is 24.3 Å². The van der Waals surface area contributed by atoms with E-state index in [0.717, 1.165) is 44.0 Å². The van der Waals surface area contributed by atoms with Gasteiger partial charge in [0.15, 0.2) is 0 Å². The van der Waals surface area contributed by atoms with Crippen LogP contribution in [0.1, 0.15) is 16.7 Å². The normalized spacial score (nSPS) is 14.8. The van der Waals surface area contributed by atoms with Gasteiger partial charge in [0, 0.05) is 37.7 Å². The van der Waals surface area contributed by atoms with Crippen molar-refractivity contribution in [1.29, 1.82) is 0 Å². The van der Waals surface area contributed by atoms with Gasteiger partial charge in [0.05, 0.1) is 13.2 Å². The van der Waals surface area contributed by atoms with Crippen LogP contribution in [-0.4, -0.2) is 37.2 Å². The van der Waals surface area contributed by atoms with E-state index >= 15 is 0 Å². The van der Waals surface area contributed by atoms with Gasteiger partial charge in [-0.15, -0.1) is 0 Å². The van der Waals surface area contributed by atoms with Gasteiger partial charge in [-0.2, -0.15) is 0 Å². The van der Waals surface area contributed by atoms with Gasteiger partial charge >= 0.3 is 6.03 Å². The first-order valence-electron chi connectivity index (χ1n) is 8.83. The average molecular weight is 374 g/mol. The number of halogens is 1. The summed E-state index contributed by atoms with van der Waals surface area (Å²) in [6.07, 6.45) is 0. The zero-order chi connectivity index (χ0) is 18.2. The lowest BCUT2D eigenvalue weighted by atomic mass is 10.1. The molecule has 0 unspecified atom stereocenters. The van der Waals surface area contributed by atoms with Crippen LogP contribution in [0.2, 0.25) is 5.02 Å². The third-order valence-corrected chi connectivity index (χ3v) is 4.60. The first-order valence-corrected chi connectivity index (χ1v) is 9.21. The van der Waals surface area contributed by atoms with Crippen LogP contribution in [0.3, 0.4) is 0 Å². The molecule has 3 rings (SSSR count). The molecule has 5 nitrogen and oxygen atoms in total. The van der Waals surface area contributed by atoms with E-state index in [4.69, 9.17) is 16.3 Å². The molecule has 1 fully saturated rings. The lowest BCUT2D eigenvalue weighted by molar-refractivity contribution is 0.0342. The minimum absolute atomic E-state index is 0.183. The molecule has 1 aliphatic heterocycles. The smallest absolute Gasteiger partial charge is 0.315 e. The lowest BCUT2D eigenvalue weighted by Gasteiger charge is -2.26. The van der Waals surface area contributed by atoms with Crippen molar-refractivity contribution >= 4 is 17.6 Å². The summed E-state index contributed by atoms with van der Waals surface area (Å²) in [5.74, 6) is 0. The summed E-state index contributed by atoms with van der Waals surface area (Å²) < 4.78 is 5.37. The highest BCUT2D eigenvalue weighted by Gasteiger charge is 2.10. The van der Waals surface area contributed by atoms with E-state index in [-0.39, 0.29) is 6.03 Å². The Balaban J connectivity index is 1.39. The van der Waals surface area contributed by atoms with Crippen molar-refractivity contribution < 1.29 is 9.53 Å². The van der Waals surface area contributed by atoms with E-state index in [9.17, 15) is 4.79 Å². The number of carbonyl (C=O) groups excluding carboxylic acids is 1. The highest BCUT2D eigenvalue weighted by atomic mass is 35.5. The number of hydrogen-bond acceptors (Lipinski definition) is 3. The zero-order valence-corrected chi connectivity index (χ0v) is 15.5. The topological polar surface area (TPSA) is 53.6 Å². The van der Waals surface area contributed by atoms with Crippen LogP contribution in [0.15, 0.2) is 48.5 Å². The fraction of sp³-hybridized carbons (Fsp3) is 0.350. The van der Waals surface area contributed by atoms with Gasteiger partial charge in [0.1, 0.15) is 0 Å². The maximum absolute atomic E-state index is 11.9. The second-order valence-electron chi connectivity index (χ2n) is 6.37. The van der Waals surface area contributed by atoms with Crippen molar-refractivity contribution in [2.75, 3.05) is 26.3 Å². The summed E-state index contributed by atoms with van der Waals surface area (Å²) in [5, 5.41) is 6.41. The fourth-order valence-corrected chi connectivity index (χ4v) is 2.94. The van der Waals surface area contributed by atoms with Crippen LogP contribution >= 0.6 is 11.6 Å². The Hall–Kier alpha value is -2.08. The highest BCUT2D eigenvalue weighted by molar-refractivity contribution is 6.30. The minimum Gasteiger partial charge on any atom is -0.379 e. The largest absolute Gasteiger partial charge is 0.379 e. The van der Waals surface area contributed by atoms with Crippen LogP contribution in [0.5, 0.6) is 0 Å². The van der Waals surface area contributed by atoms with Crippen LogP contribution < -0.4 is 10.6 Å². The van der Waals surface area contributed by atoms with E-state index < -0.39 is 0 Å². The van der Waals surface area contributed by atoms with Crippen LogP contribution in [0.4, 0.5) is 4.79 Å². The molecule has 2 aromatic rings. The molecule has 0 saturated carbocycles. The SMILES string of the molecule is O=C(NCc1ccc(Cl)cc1)NCc1ccc(CN2CCOCC2)cc1. The first-order chi connectivity index (χ1) is 12.7. The predicted molar refractivity (Wildman–Crippen MR) is 103 cm³/mol. The van der Waals surface area contributed by atoms with Gasteiger partial charge in [0.2, 0.25) is 0 Å². The van der Waals surface area contributed by atoms with Gasteiger partial charge in [-0.1, -0.05) is 48.0 Å². The summed E-state index contributed by atoms with van der Waals surface area (Å²) >= 11 is 5.85. The molecule has 0 aliphatic carbocycles. The Morgan fingerprint density at radius 2 is 1.38 bits per heavy atom. The molecule has 1 saturated heterocycles. The molecule has 0 radical (unpaired) electrons. The molecule has 0 atom stereocenters. The van der Waals surface area contributed by atoms with Crippen molar-refractivity contribution in [3.63, 3.8) is 0 Å². The Kier molecular flexibility index (Phi) is 6.89. The highest BCUT2D eigenvalue weighted by Crippen LogP contribution is 2.10. The molecule has 0 spiro atoms. The molecule has 6 heteroatoms. The molecule has 0 bridgehead atoms. The minimum atomic E-state index is -0.183. The lowest BCUT2D eigenvalue weighted by Crippen LogP contribution is -2.35. The number of amides is 2. The molecule has 26 heavy (non-hydrogen) atoms. The molecule has 2 aromatic carbocycles. The third-order valence-electron chi connectivity index (χ3n) is 4.35. The van der Waals surface area contributed by atoms with Crippen LogP contribution in [0.25, 0.3) is 0 Å². The Labute approximate surface area is 159 Å². The van der Waals surface area contributed by atoms with Gasteiger partial charge < -0.3 is 15.4 Å². The molecular weight excluding hydrogens is 350 g/mol. The molecule has 1 heterocycles. The van der Waals surface area contributed by atoms with Crippen molar-refractivity contribution in [2.24, 2.45) is 0 Å². The number of nitrogens with zero attached hydrogens (tertiary/aromatic N) is 1. The standard InChI is InChI=1S/C20H24ClN3O2/c21-19-7-5-17(6-8-19)14-23-20(25)22-13-16-1-3-18(4-2-16)15-24-9-11-26-12-10-24/h1-8H,9-15H2,(H2,22,23,25). The summed E-state index contributed by atoms with van der Waals surface area (Å²) in [6, 6.07) is 15.6. The van der Waals surface area contributed by atoms with Gasteiger partial charge in [-0.05, 0) is 28.8 Å². The maximum Gasteiger partial charge on any atom is 0.315 e. The molecular formula is C20H24ClN3O2.